The maximum atomic E-state index is 11.2. The van der Waals surface area contributed by atoms with Crippen molar-refractivity contribution in [3.05, 3.63) is 12.4 Å². The van der Waals surface area contributed by atoms with Gasteiger partial charge in [-0.2, -0.15) is 5.10 Å². The van der Waals surface area contributed by atoms with Crippen LogP contribution in [0.15, 0.2) is 17.3 Å². The molecular formula is C11H21N3O3S. The summed E-state index contributed by atoms with van der Waals surface area (Å²) in [6.45, 7) is 5.05. The fourth-order valence-electron chi connectivity index (χ4n) is 1.41. The Morgan fingerprint density at radius 3 is 2.67 bits per heavy atom. The van der Waals surface area contributed by atoms with Crippen LogP contribution in [0.25, 0.3) is 0 Å². The average molecular weight is 275 g/mol. The van der Waals surface area contributed by atoms with E-state index in [1.54, 1.807) is 0 Å². The molecular weight excluding hydrogens is 254 g/mol. The largest absolute Gasteiger partial charge is 0.392 e. The van der Waals surface area contributed by atoms with Gasteiger partial charge in [-0.3, -0.25) is 4.68 Å². The lowest BCUT2D eigenvalue weighted by Crippen LogP contribution is -2.32. The number of aromatic nitrogens is 2. The summed E-state index contributed by atoms with van der Waals surface area (Å²) in [5.41, 5.74) is 0. The number of aliphatic hydroxyl groups is 1. The summed E-state index contributed by atoms with van der Waals surface area (Å²) >= 11 is 0. The molecule has 0 aliphatic carbocycles. The topological polar surface area (TPSA) is 84.2 Å². The monoisotopic (exact) mass is 275 g/mol. The molecule has 0 amide bonds. The molecule has 0 aromatic carbocycles. The van der Waals surface area contributed by atoms with E-state index in [1.165, 1.54) is 17.1 Å². The van der Waals surface area contributed by atoms with E-state index < -0.39 is 15.9 Å². The zero-order valence-electron chi connectivity index (χ0n) is 11.0. The van der Waals surface area contributed by atoms with Crippen molar-refractivity contribution in [3.63, 3.8) is 0 Å². The number of aryl methyl sites for hydroxylation is 1. The Morgan fingerprint density at radius 2 is 2.17 bits per heavy atom. The molecule has 0 aliphatic heterocycles. The third-order valence-corrected chi connectivity index (χ3v) is 3.56. The first-order valence-corrected chi connectivity index (χ1v) is 7.82. The summed E-state index contributed by atoms with van der Waals surface area (Å²) in [6.07, 6.45) is 4.03. The first-order valence-electron chi connectivity index (χ1n) is 5.93. The van der Waals surface area contributed by atoms with E-state index in [0.717, 1.165) is 6.26 Å². The number of aliphatic hydroxyl groups excluding tert-OH is 1. The average Bonchev–Trinajstić information content (AvgIpc) is 2.71. The fraction of sp³-hybridized carbons (Fsp3) is 0.727. The first-order chi connectivity index (χ1) is 8.29. The molecule has 7 heteroatoms. The highest BCUT2D eigenvalue weighted by atomic mass is 32.2. The lowest BCUT2D eigenvalue weighted by Gasteiger charge is -2.13. The zero-order valence-corrected chi connectivity index (χ0v) is 11.8. The van der Waals surface area contributed by atoms with Gasteiger partial charge in [-0.1, -0.05) is 13.8 Å². The fourth-order valence-corrected chi connectivity index (χ4v) is 1.97. The van der Waals surface area contributed by atoms with Crippen molar-refractivity contribution in [3.8, 4) is 0 Å². The molecule has 1 aromatic rings. The van der Waals surface area contributed by atoms with Gasteiger partial charge in [0.05, 0.1) is 12.3 Å². The molecule has 0 aliphatic rings. The van der Waals surface area contributed by atoms with Crippen LogP contribution >= 0.6 is 0 Å². The minimum absolute atomic E-state index is 0.206. The van der Waals surface area contributed by atoms with Crippen molar-refractivity contribution in [1.29, 1.82) is 0 Å². The van der Waals surface area contributed by atoms with Gasteiger partial charge in [0.15, 0.2) is 9.84 Å². The predicted molar refractivity (Wildman–Crippen MR) is 69.1 cm³/mol. The Balaban J connectivity index is 2.42. The van der Waals surface area contributed by atoms with E-state index in [0.29, 0.717) is 25.6 Å². The molecule has 0 spiro atoms. The molecule has 0 fully saturated rings. The molecule has 1 rings (SSSR count). The van der Waals surface area contributed by atoms with Gasteiger partial charge in [-0.25, -0.2) is 8.42 Å². The molecule has 6 nitrogen and oxygen atoms in total. The van der Waals surface area contributed by atoms with Gasteiger partial charge in [0, 0.05) is 31.6 Å². The SMILES string of the molecule is CC(C)NCC(O)CCn1cc(S(C)(=O)=O)cn1. The van der Waals surface area contributed by atoms with E-state index in [1.807, 2.05) is 13.8 Å². The Labute approximate surface area is 108 Å². The van der Waals surface area contributed by atoms with Crippen molar-refractivity contribution >= 4 is 9.84 Å². The summed E-state index contributed by atoms with van der Waals surface area (Å²) in [6, 6.07) is 0.334. The molecule has 0 bridgehead atoms. The molecule has 0 saturated heterocycles. The van der Waals surface area contributed by atoms with Crippen LogP contribution in [0.3, 0.4) is 0 Å². The van der Waals surface area contributed by atoms with Crippen molar-refractivity contribution in [2.75, 3.05) is 12.8 Å². The quantitative estimate of drug-likeness (QED) is 0.734. The van der Waals surface area contributed by atoms with Crippen LogP contribution in [0, 0.1) is 0 Å². The maximum Gasteiger partial charge on any atom is 0.178 e. The van der Waals surface area contributed by atoms with Crippen LogP contribution in [-0.4, -0.2) is 48.3 Å². The Bertz CT molecular complexity index is 468. The van der Waals surface area contributed by atoms with Crippen LogP contribution in [0.4, 0.5) is 0 Å². The highest BCUT2D eigenvalue weighted by Gasteiger charge is 2.11. The van der Waals surface area contributed by atoms with Gasteiger partial charge < -0.3 is 10.4 Å². The minimum Gasteiger partial charge on any atom is -0.392 e. The van der Waals surface area contributed by atoms with E-state index in [2.05, 4.69) is 10.4 Å². The molecule has 2 N–H and O–H groups in total. The first kappa shape index (κ1) is 15.1. The highest BCUT2D eigenvalue weighted by molar-refractivity contribution is 7.90. The van der Waals surface area contributed by atoms with Crippen molar-refractivity contribution in [2.45, 2.75) is 43.9 Å². The maximum absolute atomic E-state index is 11.2. The van der Waals surface area contributed by atoms with E-state index in [9.17, 15) is 13.5 Å². The second kappa shape index (κ2) is 6.31. The number of hydrogen-bond acceptors (Lipinski definition) is 5. The Hall–Kier alpha value is -0.920. The standard InChI is InChI=1S/C11H21N3O3S/c1-9(2)12-6-10(15)4-5-14-8-11(7-13-14)18(3,16)17/h7-10,12,15H,4-6H2,1-3H3. The van der Waals surface area contributed by atoms with Gasteiger partial charge in [-0.05, 0) is 6.42 Å². The summed E-state index contributed by atoms with van der Waals surface area (Å²) in [7, 11) is -3.20. The zero-order chi connectivity index (χ0) is 13.8. The minimum atomic E-state index is -3.20. The van der Waals surface area contributed by atoms with Crippen LogP contribution in [0.2, 0.25) is 0 Å². The van der Waals surface area contributed by atoms with Crippen molar-refractivity contribution in [1.82, 2.24) is 15.1 Å². The van der Waals surface area contributed by atoms with Gasteiger partial charge in [-0.15, -0.1) is 0 Å². The van der Waals surface area contributed by atoms with Gasteiger partial charge in [0.2, 0.25) is 0 Å². The van der Waals surface area contributed by atoms with Crippen LogP contribution < -0.4 is 5.32 Å². The number of sulfone groups is 1. The molecule has 0 saturated carbocycles. The smallest absolute Gasteiger partial charge is 0.178 e. The Kier molecular flexibility index (Phi) is 5.30. The number of rotatable bonds is 7. The molecule has 104 valence electrons. The number of nitrogens with one attached hydrogen (secondary N) is 1. The molecule has 18 heavy (non-hydrogen) atoms. The van der Waals surface area contributed by atoms with Crippen LogP contribution in [0.1, 0.15) is 20.3 Å². The number of hydrogen-bond donors (Lipinski definition) is 2. The molecule has 1 aromatic heterocycles. The van der Waals surface area contributed by atoms with Gasteiger partial charge in [0.25, 0.3) is 0 Å². The van der Waals surface area contributed by atoms with Crippen molar-refractivity contribution in [2.24, 2.45) is 0 Å². The lowest BCUT2D eigenvalue weighted by molar-refractivity contribution is 0.151. The van der Waals surface area contributed by atoms with Crippen LogP contribution in [-0.2, 0) is 16.4 Å². The van der Waals surface area contributed by atoms with Crippen molar-refractivity contribution < 1.29 is 13.5 Å². The summed E-state index contributed by atoms with van der Waals surface area (Å²) in [5.74, 6) is 0. The van der Waals surface area contributed by atoms with Crippen LogP contribution in [0.5, 0.6) is 0 Å². The van der Waals surface area contributed by atoms with E-state index in [-0.39, 0.29) is 4.90 Å². The highest BCUT2D eigenvalue weighted by Crippen LogP contribution is 2.07. The molecule has 0 radical (unpaired) electrons. The Morgan fingerprint density at radius 1 is 1.50 bits per heavy atom. The van der Waals surface area contributed by atoms with Gasteiger partial charge >= 0.3 is 0 Å². The second-order valence-electron chi connectivity index (χ2n) is 4.72. The summed E-state index contributed by atoms with van der Waals surface area (Å²) < 4.78 is 24.0. The normalized spacial score (nSPS) is 14.1. The number of nitrogens with zero attached hydrogens (tertiary/aromatic N) is 2. The third-order valence-electron chi connectivity index (χ3n) is 2.49. The molecule has 1 atom stereocenters. The third kappa shape index (κ3) is 5.16. The summed E-state index contributed by atoms with van der Waals surface area (Å²) in [5, 5.41) is 16.8. The lowest BCUT2D eigenvalue weighted by atomic mass is 10.2. The molecule has 1 heterocycles. The summed E-state index contributed by atoms with van der Waals surface area (Å²) in [4.78, 5) is 0.206. The predicted octanol–water partition coefficient (Wildman–Crippen LogP) is 0.0356. The second-order valence-corrected chi connectivity index (χ2v) is 6.73. The van der Waals surface area contributed by atoms with E-state index in [4.69, 9.17) is 0 Å². The molecule has 1 unspecified atom stereocenters. The van der Waals surface area contributed by atoms with Gasteiger partial charge in [0.1, 0.15) is 4.90 Å². The van der Waals surface area contributed by atoms with E-state index >= 15 is 0 Å².